The predicted octanol–water partition coefficient (Wildman–Crippen LogP) is 6.50. The van der Waals surface area contributed by atoms with E-state index in [9.17, 15) is 31.1 Å². The van der Waals surface area contributed by atoms with E-state index in [0.29, 0.717) is 50.2 Å². The normalized spacial score (nSPS) is 16.6. The fourth-order valence-electron chi connectivity index (χ4n) is 5.89. The lowest BCUT2D eigenvalue weighted by Gasteiger charge is -2.37. The summed E-state index contributed by atoms with van der Waals surface area (Å²) >= 11 is 0. The summed E-state index contributed by atoms with van der Waals surface area (Å²) < 4.78 is 84.1. The zero-order valence-electron chi connectivity index (χ0n) is 26.0. The van der Waals surface area contributed by atoms with Crippen molar-refractivity contribution < 1.29 is 46.3 Å². The molecule has 0 atom stereocenters. The third-order valence-electron chi connectivity index (χ3n) is 8.64. The Labute approximate surface area is 273 Å². The average molecular weight is 682 g/mol. The number of carbonyl (C=O) groups excluding carboxylic acids is 1. The molecule has 2 fully saturated rings. The SMILES string of the molecule is O=C(CCN1CCN(c2ccc(OCc3ccc(C(F)(F)F)cc3)cc2)CC1)N1CCC(Nc2ccc(N(O)O)c(C(F)(F)F)c2)CC1. The number of carbonyl (C=O) groups is 1. The Kier molecular flexibility index (Phi) is 10.9. The number of nitrogens with zero attached hydrogens (tertiary/aromatic N) is 4. The maximum absolute atomic E-state index is 13.4. The highest BCUT2D eigenvalue weighted by atomic mass is 19.4. The molecular weight excluding hydrogens is 644 g/mol. The molecule has 5 rings (SSSR count). The Bertz CT molecular complexity index is 1500. The van der Waals surface area contributed by atoms with Crippen molar-refractivity contribution in [3.05, 3.63) is 83.4 Å². The molecule has 0 radical (unpaired) electrons. The summed E-state index contributed by atoms with van der Waals surface area (Å²) in [6, 6.07) is 15.5. The third kappa shape index (κ3) is 9.23. The molecule has 2 heterocycles. The van der Waals surface area contributed by atoms with Crippen molar-refractivity contribution in [2.45, 2.75) is 44.3 Å². The van der Waals surface area contributed by atoms with Gasteiger partial charge in [0.25, 0.3) is 0 Å². The smallest absolute Gasteiger partial charge is 0.418 e. The van der Waals surface area contributed by atoms with Crippen LogP contribution in [-0.2, 0) is 23.8 Å². The molecule has 1 amide bonds. The first-order valence-corrected chi connectivity index (χ1v) is 15.6. The van der Waals surface area contributed by atoms with E-state index in [1.54, 1.807) is 4.90 Å². The number of hydrogen-bond acceptors (Lipinski definition) is 8. The molecule has 0 unspecified atom stereocenters. The monoisotopic (exact) mass is 681 g/mol. The number of ether oxygens (including phenoxy) is 1. The van der Waals surface area contributed by atoms with E-state index in [1.807, 2.05) is 24.3 Å². The molecule has 0 aliphatic carbocycles. The number of piperidine rings is 1. The first-order chi connectivity index (χ1) is 22.8. The molecule has 0 spiro atoms. The second kappa shape index (κ2) is 14.9. The van der Waals surface area contributed by atoms with Gasteiger partial charge in [-0.2, -0.15) is 26.3 Å². The van der Waals surface area contributed by atoms with Crippen LogP contribution >= 0.6 is 0 Å². The third-order valence-corrected chi connectivity index (χ3v) is 8.64. The molecular formula is C33H37F6N5O4. The van der Waals surface area contributed by atoms with Crippen molar-refractivity contribution in [2.75, 3.05) is 61.3 Å². The maximum atomic E-state index is 13.4. The number of hydrogen-bond donors (Lipinski definition) is 3. The second-order valence-corrected chi connectivity index (χ2v) is 11.9. The van der Waals surface area contributed by atoms with Crippen LogP contribution in [0.1, 0.15) is 36.0 Å². The van der Waals surface area contributed by atoms with Gasteiger partial charge in [0.1, 0.15) is 18.0 Å². The van der Waals surface area contributed by atoms with Crippen LogP contribution in [0, 0.1) is 0 Å². The van der Waals surface area contributed by atoms with Crippen LogP contribution in [0.3, 0.4) is 0 Å². The van der Waals surface area contributed by atoms with Gasteiger partial charge in [0, 0.05) is 69.7 Å². The molecule has 3 aromatic carbocycles. The maximum Gasteiger partial charge on any atom is 0.418 e. The minimum Gasteiger partial charge on any atom is -0.489 e. The zero-order valence-corrected chi connectivity index (χ0v) is 26.0. The summed E-state index contributed by atoms with van der Waals surface area (Å²) in [4.78, 5) is 19.2. The Morgan fingerprint density at radius 3 is 2.06 bits per heavy atom. The van der Waals surface area contributed by atoms with Crippen LogP contribution < -0.4 is 20.2 Å². The molecule has 2 aliphatic rings. The Morgan fingerprint density at radius 1 is 0.833 bits per heavy atom. The van der Waals surface area contributed by atoms with E-state index >= 15 is 0 Å². The van der Waals surface area contributed by atoms with E-state index in [1.165, 1.54) is 18.2 Å². The molecule has 0 saturated carbocycles. The van der Waals surface area contributed by atoms with Gasteiger partial charge in [-0.05, 0) is 73.0 Å². The van der Waals surface area contributed by atoms with Crippen molar-refractivity contribution in [1.29, 1.82) is 0 Å². The fraction of sp³-hybridized carbons (Fsp3) is 0.424. The number of anilines is 3. The minimum atomic E-state index is -4.77. The van der Waals surface area contributed by atoms with Crippen LogP contribution in [0.5, 0.6) is 5.75 Å². The number of benzene rings is 3. The van der Waals surface area contributed by atoms with Crippen LogP contribution in [0.4, 0.5) is 43.4 Å². The van der Waals surface area contributed by atoms with Gasteiger partial charge < -0.3 is 19.9 Å². The molecule has 2 saturated heterocycles. The Balaban J connectivity index is 1.00. The van der Waals surface area contributed by atoms with Gasteiger partial charge >= 0.3 is 12.4 Å². The quantitative estimate of drug-likeness (QED) is 0.165. The number of rotatable bonds is 10. The van der Waals surface area contributed by atoms with Gasteiger partial charge in [0.15, 0.2) is 0 Å². The van der Waals surface area contributed by atoms with E-state index in [-0.39, 0.29) is 24.2 Å². The van der Waals surface area contributed by atoms with Crippen LogP contribution in [0.25, 0.3) is 0 Å². The highest BCUT2D eigenvalue weighted by Crippen LogP contribution is 2.38. The number of piperazine rings is 1. The molecule has 260 valence electrons. The summed E-state index contributed by atoms with van der Waals surface area (Å²) in [6.07, 6.45) is -7.64. The van der Waals surface area contributed by atoms with Gasteiger partial charge in [-0.25, -0.2) is 0 Å². The molecule has 0 aromatic heterocycles. The highest BCUT2D eigenvalue weighted by Gasteiger charge is 2.36. The van der Waals surface area contributed by atoms with Gasteiger partial charge in [0.2, 0.25) is 5.91 Å². The molecule has 15 heteroatoms. The summed E-state index contributed by atoms with van der Waals surface area (Å²) in [6.45, 7) is 4.88. The summed E-state index contributed by atoms with van der Waals surface area (Å²) in [5.74, 6) is 0.652. The number of likely N-dealkylation sites (tertiary alicyclic amines) is 1. The standard InChI is InChI=1S/C33H37F6N5O4/c34-32(35,36)24-3-1-23(2-4-24)22-48-28-8-6-27(7-9-28)42-19-17-41(18-20-42)14-13-31(45)43-15-11-25(12-16-43)40-26-5-10-30(44(46)47)29(21-26)33(37,38)39/h1-10,21,25,40,46-47H,11-20,22H2. The first kappa shape index (κ1) is 35.1. The lowest BCUT2D eigenvalue weighted by Crippen LogP contribution is -2.48. The Hall–Kier alpha value is -4.21. The molecule has 48 heavy (non-hydrogen) atoms. The van der Waals surface area contributed by atoms with Crippen LogP contribution in [-0.4, -0.2) is 78.0 Å². The number of alkyl halides is 6. The van der Waals surface area contributed by atoms with E-state index in [4.69, 9.17) is 15.2 Å². The van der Waals surface area contributed by atoms with Crippen molar-refractivity contribution in [3.63, 3.8) is 0 Å². The molecule has 3 aromatic rings. The van der Waals surface area contributed by atoms with Crippen LogP contribution in [0.15, 0.2) is 66.7 Å². The largest absolute Gasteiger partial charge is 0.489 e. The van der Waals surface area contributed by atoms with Crippen molar-refractivity contribution in [3.8, 4) is 5.75 Å². The summed E-state index contributed by atoms with van der Waals surface area (Å²) in [7, 11) is 0. The van der Waals surface area contributed by atoms with Gasteiger partial charge in [-0.15, -0.1) is 5.23 Å². The van der Waals surface area contributed by atoms with Gasteiger partial charge in [-0.3, -0.25) is 20.1 Å². The average Bonchev–Trinajstić information content (AvgIpc) is 3.06. The molecule has 0 bridgehead atoms. The topological polar surface area (TPSA) is 91.8 Å². The lowest BCUT2D eigenvalue weighted by molar-refractivity contribution is -0.139. The van der Waals surface area contributed by atoms with Crippen LogP contribution in [0.2, 0.25) is 0 Å². The first-order valence-electron chi connectivity index (χ1n) is 15.6. The van der Waals surface area contributed by atoms with Crippen molar-refractivity contribution in [1.82, 2.24) is 9.80 Å². The molecule has 3 N–H and O–H groups in total. The van der Waals surface area contributed by atoms with E-state index in [0.717, 1.165) is 56.1 Å². The Morgan fingerprint density at radius 2 is 1.48 bits per heavy atom. The summed E-state index contributed by atoms with van der Waals surface area (Å²) in [5, 5.41) is 20.8. The zero-order chi connectivity index (χ0) is 34.5. The fourth-order valence-corrected chi connectivity index (χ4v) is 5.89. The van der Waals surface area contributed by atoms with Gasteiger partial charge in [0.05, 0.1) is 11.1 Å². The van der Waals surface area contributed by atoms with Gasteiger partial charge in [-0.1, -0.05) is 12.1 Å². The summed E-state index contributed by atoms with van der Waals surface area (Å²) in [5.41, 5.74) is -0.774. The van der Waals surface area contributed by atoms with E-state index < -0.39 is 34.4 Å². The molecule has 2 aliphatic heterocycles. The van der Waals surface area contributed by atoms with Crippen molar-refractivity contribution >= 4 is 23.0 Å². The number of amides is 1. The number of halogens is 6. The highest BCUT2D eigenvalue weighted by molar-refractivity contribution is 5.76. The molecule has 9 nitrogen and oxygen atoms in total. The number of nitrogens with one attached hydrogen (secondary N) is 1. The minimum absolute atomic E-state index is 0.0393. The lowest BCUT2D eigenvalue weighted by atomic mass is 10.0. The second-order valence-electron chi connectivity index (χ2n) is 11.9. The van der Waals surface area contributed by atoms with E-state index in [2.05, 4.69) is 15.1 Å². The van der Waals surface area contributed by atoms with Crippen molar-refractivity contribution in [2.24, 2.45) is 0 Å². The predicted molar refractivity (Wildman–Crippen MR) is 166 cm³/mol.